The van der Waals surface area contributed by atoms with Crippen LogP contribution in [0.3, 0.4) is 0 Å². The Hall–Kier alpha value is -0.820. The van der Waals surface area contributed by atoms with Gasteiger partial charge in [0.05, 0.1) is 0 Å². The van der Waals surface area contributed by atoms with Gasteiger partial charge in [0.15, 0.2) is 0 Å². The van der Waals surface area contributed by atoms with Gasteiger partial charge in [-0.25, -0.2) is 0 Å². The quantitative estimate of drug-likeness (QED) is 0.779. The van der Waals surface area contributed by atoms with Crippen LogP contribution in [-0.2, 0) is 6.42 Å². The van der Waals surface area contributed by atoms with E-state index in [0.29, 0.717) is 0 Å². The molecule has 1 aromatic carbocycles. The Balaban J connectivity index is 2.00. The van der Waals surface area contributed by atoms with Crippen molar-refractivity contribution in [3.8, 4) is 0 Å². The number of aryl methyl sites for hydroxylation is 2. The van der Waals surface area contributed by atoms with E-state index in [9.17, 15) is 0 Å². The maximum atomic E-state index is 3.48. The maximum Gasteiger partial charge on any atom is -0.00173 e. The zero-order chi connectivity index (χ0) is 10.7. The summed E-state index contributed by atoms with van der Waals surface area (Å²) in [6, 6.07) is 6.89. The van der Waals surface area contributed by atoms with Crippen molar-refractivity contribution >= 4 is 0 Å². The number of rotatable bonds is 2. The van der Waals surface area contributed by atoms with Crippen molar-refractivity contribution in [2.75, 3.05) is 13.1 Å². The van der Waals surface area contributed by atoms with E-state index < -0.39 is 0 Å². The summed E-state index contributed by atoms with van der Waals surface area (Å²) in [5.74, 6) is 0.848. The van der Waals surface area contributed by atoms with Crippen LogP contribution in [0.25, 0.3) is 0 Å². The lowest BCUT2D eigenvalue weighted by Crippen LogP contribution is -2.30. The van der Waals surface area contributed by atoms with Crippen LogP contribution in [0.2, 0.25) is 0 Å². The van der Waals surface area contributed by atoms with Gasteiger partial charge in [-0.3, -0.25) is 0 Å². The highest BCUT2D eigenvalue weighted by Crippen LogP contribution is 2.18. The number of benzene rings is 1. The summed E-state index contributed by atoms with van der Waals surface area (Å²) in [5, 5.41) is 3.48. The first-order valence-electron chi connectivity index (χ1n) is 6.02. The van der Waals surface area contributed by atoms with Crippen LogP contribution in [0.4, 0.5) is 0 Å². The van der Waals surface area contributed by atoms with Crippen LogP contribution >= 0.6 is 0 Å². The highest BCUT2D eigenvalue weighted by atomic mass is 14.9. The van der Waals surface area contributed by atoms with E-state index in [1.165, 1.54) is 49.0 Å². The average Bonchev–Trinajstić information content (AvgIpc) is 2.25. The third-order valence-electron chi connectivity index (χ3n) is 3.49. The van der Waals surface area contributed by atoms with Gasteiger partial charge in [0.1, 0.15) is 0 Å². The molecule has 1 heteroatoms. The van der Waals surface area contributed by atoms with Gasteiger partial charge >= 0.3 is 0 Å². The van der Waals surface area contributed by atoms with Crippen LogP contribution in [0.5, 0.6) is 0 Å². The zero-order valence-corrected chi connectivity index (χ0v) is 9.84. The molecule has 1 atom stereocenters. The molecule has 0 radical (unpaired) electrons. The van der Waals surface area contributed by atoms with Crippen LogP contribution < -0.4 is 5.32 Å². The molecule has 2 rings (SSSR count). The molecule has 1 aromatic rings. The Labute approximate surface area is 92.9 Å². The topological polar surface area (TPSA) is 12.0 Å². The lowest BCUT2D eigenvalue weighted by atomic mass is 9.91. The summed E-state index contributed by atoms with van der Waals surface area (Å²) in [7, 11) is 0. The highest BCUT2D eigenvalue weighted by molar-refractivity contribution is 5.30. The summed E-state index contributed by atoms with van der Waals surface area (Å²) in [6.07, 6.45) is 3.98. The first-order valence-corrected chi connectivity index (χ1v) is 6.02. The molecule has 1 heterocycles. The Kier molecular flexibility index (Phi) is 3.42. The fourth-order valence-electron chi connectivity index (χ4n) is 2.36. The summed E-state index contributed by atoms with van der Waals surface area (Å²) in [5.41, 5.74) is 4.34. The molecule has 1 aliphatic rings. The van der Waals surface area contributed by atoms with Crippen LogP contribution in [0.15, 0.2) is 18.2 Å². The van der Waals surface area contributed by atoms with Gasteiger partial charge in [0, 0.05) is 0 Å². The first kappa shape index (κ1) is 10.7. The highest BCUT2D eigenvalue weighted by Gasteiger charge is 2.13. The van der Waals surface area contributed by atoms with E-state index in [0.717, 1.165) is 5.92 Å². The van der Waals surface area contributed by atoms with Crippen molar-refractivity contribution in [1.29, 1.82) is 0 Å². The minimum Gasteiger partial charge on any atom is -0.316 e. The van der Waals surface area contributed by atoms with Crippen molar-refractivity contribution in [3.63, 3.8) is 0 Å². The summed E-state index contributed by atoms with van der Waals surface area (Å²) in [6.45, 7) is 6.80. The van der Waals surface area contributed by atoms with Gasteiger partial charge < -0.3 is 5.32 Å². The number of nitrogens with one attached hydrogen (secondary N) is 1. The number of hydrogen-bond acceptors (Lipinski definition) is 1. The first-order chi connectivity index (χ1) is 7.25. The van der Waals surface area contributed by atoms with Crippen molar-refractivity contribution in [1.82, 2.24) is 5.32 Å². The molecule has 15 heavy (non-hydrogen) atoms. The monoisotopic (exact) mass is 203 g/mol. The van der Waals surface area contributed by atoms with Gasteiger partial charge in [-0.15, -0.1) is 0 Å². The minimum absolute atomic E-state index is 0.848. The molecule has 1 aliphatic heterocycles. The number of piperidine rings is 1. The smallest absolute Gasteiger partial charge is 0.00173 e. The lowest BCUT2D eigenvalue weighted by Gasteiger charge is -2.22. The van der Waals surface area contributed by atoms with Crippen molar-refractivity contribution in [2.45, 2.75) is 33.1 Å². The second kappa shape index (κ2) is 4.80. The van der Waals surface area contributed by atoms with Crippen molar-refractivity contribution < 1.29 is 0 Å². The van der Waals surface area contributed by atoms with E-state index in [4.69, 9.17) is 0 Å². The molecule has 1 nitrogen and oxygen atoms in total. The standard InChI is InChI=1S/C14H21N/c1-11-5-6-13(8-12(11)2)9-14-4-3-7-15-10-14/h5-6,8,14-15H,3-4,7,9-10H2,1-2H3. The molecular weight excluding hydrogens is 182 g/mol. The predicted molar refractivity (Wildman–Crippen MR) is 65.2 cm³/mol. The van der Waals surface area contributed by atoms with Crippen molar-refractivity contribution in [2.24, 2.45) is 5.92 Å². The maximum absolute atomic E-state index is 3.48. The van der Waals surface area contributed by atoms with Gasteiger partial charge in [-0.1, -0.05) is 18.2 Å². The Bertz CT molecular complexity index is 324. The summed E-state index contributed by atoms with van der Waals surface area (Å²) in [4.78, 5) is 0. The molecule has 0 aromatic heterocycles. The molecule has 0 saturated carbocycles. The van der Waals surface area contributed by atoms with Gasteiger partial charge in [0.2, 0.25) is 0 Å². The molecular formula is C14H21N. The minimum atomic E-state index is 0.848. The van der Waals surface area contributed by atoms with Crippen LogP contribution in [0, 0.1) is 19.8 Å². The second-order valence-corrected chi connectivity index (χ2v) is 4.84. The average molecular weight is 203 g/mol. The SMILES string of the molecule is Cc1ccc(CC2CCCNC2)cc1C. The molecule has 0 amide bonds. The number of hydrogen-bond donors (Lipinski definition) is 1. The van der Waals surface area contributed by atoms with E-state index in [1.807, 2.05) is 0 Å². The fraction of sp³-hybridized carbons (Fsp3) is 0.571. The molecule has 0 spiro atoms. The summed E-state index contributed by atoms with van der Waals surface area (Å²) < 4.78 is 0. The molecule has 0 bridgehead atoms. The van der Waals surface area contributed by atoms with E-state index in [2.05, 4.69) is 37.4 Å². The molecule has 82 valence electrons. The molecule has 1 fully saturated rings. The normalized spacial score (nSPS) is 21.6. The third kappa shape index (κ3) is 2.82. The Morgan fingerprint density at radius 3 is 2.80 bits per heavy atom. The molecule has 0 aliphatic carbocycles. The molecule has 1 N–H and O–H groups in total. The van der Waals surface area contributed by atoms with E-state index in [-0.39, 0.29) is 0 Å². The van der Waals surface area contributed by atoms with E-state index in [1.54, 1.807) is 0 Å². The van der Waals surface area contributed by atoms with Gasteiger partial charge in [-0.05, 0) is 68.8 Å². The second-order valence-electron chi connectivity index (χ2n) is 4.84. The largest absolute Gasteiger partial charge is 0.316 e. The summed E-state index contributed by atoms with van der Waals surface area (Å²) >= 11 is 0. The predicted octanol–water partition coefficient (Wildman–Crippen LogP) is 2.85. The lowest BCUT2D eigenvalue weighted by molar-refractivity contribution is 0.376. The fourth-order valence-corrected chi connectivity index (χ4v) is 2.36. The van der Waals surface area contributed by atoms with Crippen LogP contribution in [0.1, 0.15) is 29.5 Å². The van der Waals surface area contributed by atoms with Crippen molar-refractivity contribution in [3.05, 3.63) is 34.9 Å². The molecule has 1 saturated heterocycles. The Morgan fingerprint density at radius 2 is 2.13 bits per heavy atom. The zero-order valence-electron chi connectivity index (χ0n) is 9.84. The Morgan fingerprint density at radius 1 is 1.27 bits per heavy atom. The van der Waals surface area contributed by atoms with Crippen LogP contribution in [-0.4, -0.2) is 13.1 Å². The van der Waals surface area contributed by atoms with Gasteiger partial charge in [-0.2, -0.15) is 0 Å². The third-order valence-corrected chi connectivity index (χ3v) is 3.49. The van der Waals surface area contributed by atoms with E-state index >= 15 is 0 Å². The van der Waals surface area contributed by atoms with Gasteiger partial charge in [0.25, 0.3) is 0 Å². The molecule has 1 unspecified atom stereocenters.